The first kappa shape index (κ1) is 17.1. The van der Waals surface area contributed by atoms with Crippen molar-refractivity contribution in [3.63, 3.8) is 0 Å². The number of piperidine rings is 1. The molecule has 0 N–H and O–H groups in total. The molecule has 26 heavy (non-hydrogen) atoms. The summed E-state index contributed by atoms with van der Waals surface area (Å²) >= 11 is 0. The van der Waals surface area contributed by atoms with E-state index in [9.17, 15) is 4.79 Å². The number of likely N-dealkylation sites (tertiary alicyclic amines) is 1. The fourth-order valence-corrected chi connectivity index (χ4v) is 4.51. The van der Waals surface area contributed by atoms with Gasteiger partial charge in [-0.3, -0.25) is 4.79 Å². The molecule has 0 radical (unpaired) electrons. The predicted octanol–water partition coefficient (Wildman–Crippen LogP) is 4.77. The Morgan fingerprint density at radius 2 is 1.65 bits per heavy atom. The van der Waals surface area contributed by atoms with E-state index in [1.807, 2.05) is 47.4 Å². The van der Waals surface area contributed by atoms with Crippen molar-refractivity contribution in [3.8, 4) is 16.9 Å². The number of hydrogen-bond donors (Lipinski definition) is 0. The molecule has 2 fully saturated rings. The van der Waals surface area contributed by atoms with Gasteiger partial charge in [-0.05, 0) is 36.3 Å². The second-order valence-electron chi connectivity index (χ2n) is 7.58. The van der Waals surface area contributed by atoms with Gasteiger partial charge in [0.2, 0.25) is 0 Å². The van der Waals surface area contributed by atoms with Crippen LogP contribution in [-0.2, 0) is 4.79 Å². The van der Waals surface area contributed by atoms with Crippen LogP contribution in [0.5, 0.6) is 5.75 Å². The van der Waals surface area contributed by atoms with Gasteiger partial charge in [0.15, 0.2) is 6.61 Å². The van der Waals surface area contributed by atoms with Crippen molar-refractivity contribution in [1.82, 2.24) is 4.90 Å². The summed E-state index contributed by atoms with van der Waals surface area (Å²) in [6.07, 6.45) is 6.50. The fraction of sp³-hybridized carbons (Fsp3) is 0.435. The fourth-order valence-electron chi connectivity index (χ4n) is 4.51. The Morgan fingerprint density at radius 3 is 2.50 bits per heavy atom. The maximum atomic E-state index is 12.7. The minimum absolute atomic E-state index is 0.122. The molecule has 1 saturated carbocycles. The molecular weight excluding hydrogens is 322 g/mol. The monoisotopic (exact) mass is 349 g/mol. The van der Waals surface area contributed by atoms with E-state index >= 15 is 0 Å². The number of hydrogen-bond acceptors (Lipinski definition) is 2. The normalized spacial score (nSPS) is 22.5. The summed E-state index contributed by atoms with van der Waals surface area (Å²) in [4.78, 5) is 14.7. The molecule has 4 rings (SSSR count). The highest BCUT2D eigenvalue weighted by Gasteiger charge is 2.32. The predicted molar refractivity (Wildman–Crippen MR) is 104 cm³/mol. The number of carbonyl (C=O) groups excluding carboxylic acids is 1. The molecule has 0 unspecified atom stereocenters. The average molecular weight is 349 g/mol. The van der Waals surface area contributed by atoms with Crippen molar-refractivity contribution >= 4 is 5.91 Å². The second-order valence-corrected chi connectivity index (χ2v) is 7.58. The molecule has 1 saturated heterocycles. The van der Waals surface area contributed by atoms with Crippen LogP contribution in [0.4, 0.5) is 0 Å². The van der Waals surface area contributed by atoms with Crippen molar-refractivity contribution < 1.29 is 9.53 Å². The number of rotatable bonds is 4. The minimum Gasteiger partial charge on any atom is -0.483 e. The molecule has 3 heteroatoms. The first-order valence-electron chi connectivity index (χ1n) is 9.86. The summed E-state index contributed by atoms with van der Waals surface area (Å²) in [5, 5.41) is 0. The summed E-state index contributed by atoms with van der Waals surface area (Å²) in [5.74, 6) is 2.45. The Kier molecular flexibility index (Phi) is 5.24. The first-order valence-corrected chi connectivity index (χ1v) is 9.86. The van der Waals surface area contributed by atoms with E-state index in [4.69, 9.17) is 4.74 Å². The van der Waals surface area contributed by atoms with Gasteiger partial charge in [-0.15, -0.1) is 0 Å². The number of para-hydroxylation sites is 1. The highest BCUT2D eigenvalue weighted by atomic mass is 16.5. The first-order chi connectivity index (χ1) is 12.8. The van der Waals surface area contributed by atoms with Crippen molar-refractivity contribution in [1.29, 1.82) is 0 Å². The lowest BCUT2D eigenvalue weighted by molar-refractivity contribution is -0.136. The SMILES string of the molecule is O=C(COc1ccccc1-c1ccccc1)N1CC[C@@H]2CCCC[C@H]2C1. The lowest BCUT2D eigenvalue weighted by Crippen LogP contribution is -2.46. The van der Waals surface area contributed by atoms with E-state index < -0.39 is 0 Å². The summed E-state index contributed by atoms with van der Waals surface area (Å²) in [5.41, 5.74) is 2.14. The highest BCUT2D eigenvalue weighted by molar-refractivity contribution is 5.78. The van der Waals surface area contributed by atoms with E-state index in [-0.39, 0.29) is 12.5 Å². The quantitative estimate of drug-likeness (QED) is 0.796. The second kappa shape index (κ2) is 7.94. The maximum absolute atomic E-state index is 12.7. The van der Waals surface area contributed by atoms with Crippen LogP contribution in [0.25, 0.3) is 11.1 Å². The molecule has 3 nitrogen and oxygen atoms in total. The smallest absolute Gasteiger partial charge is 0.260 e. The Bertz CT molecular complexity index is 743. The third-order valence-electron chi connectivity index (χ3n) is 5.97. The molecule has 0 bridgehead atoms. The number of nitrogens with zero attached hydrogens (tertiary/aromatic N) is 1. The Morgan fingerprint density at radius 1 is 0.923 bits per heavy atom. The molecule has 1 aliphatic carbocycles. The Labute approximate surface area is 156 Å². The summed E-state index contributed by atoms with van der Waals surface area (Å²) in [6.45, 7) is 1.94. The van der Waals surface area contributed by atoms with Crippen molar-refractivity contribution in [2.45, 2.75) is 32.1 Å². The third-order valence-corrected chi connectivity index (χ3v) is 5.97. The zero-order valence-corrected chi connectivity index (χ0v) is 15.3. The van der Waals surface area contributed by atoms with Gasteiger partial charge in [-0.2, -0.15) is 0 Å². The molecule has 2 atom stereocenters. The summed E-state index contributed by atoms with van der Waals surface area (Å²) < 4.78 is 5.95. The van der Waals surface area contributed by atoms with Gasteiger partial charge in [0.25, 0.3) is 5.91 Å². The zero-order chi connectivity index (χ0) is 17.8. The topological polar surface area (TPSA) is 29.5 Å². The van der Waals surface area contributed by atoms with Crippen LogP contribution < -0.4 is 4.74 Å². The van der Waals surface area contributed by atoms with Crippen LogP contribution in [0, 0.1) is 11.8 Å². The van der Waals surface area contributed by atoms with Gasteiger partial charge in [0.1, 0.15) is 5.75 Å². The minimum atomic E-state index is 0.122. The number of carbonyl (C=O) groups is 1. The Balaban J connectivity index is 1.39. The maximum Gasteiger partial charge on any atom is 0.260 e. The average Bonchev–Trinajstić information content (AvgIpc) is 2.72. The van der Waals surface area contributed by atoms with Crippen LogP contribution in [-0.4, -0.2) is 30.5 Å². The number of ether oxygens (including phenoxy) is 1. The van der Waals surface area contributed by atoms with Crippen LogP contribution in [0.15, 0.2) is 54.6 Å². The van der Waals surface area contributed by atoms with Crippen molar-refractivity contribution in [2.24, 2.45) is 11.8 Å². The van der Waals surface area contributed by atoms with Gasteiger partial charge in [0.05, 0.1) is 0 Å². The van der Waals surface area contributed by atoms with Gasteiger partial charge in [-0.25, -0.2) is 0 Å². The van der Waals surface area contributed by atoms with Crippen molar-refractivity contribution in [2.75, 3.05) is 19.7 Å². The zero-order valence-electron chi connectivity index (χ0n) is 15.3. The molecule has 2 aliphatic rings. The molecule has 1 amide bonds. The van der Waals surface area contributed by atoms with E-state index in [0.717, 1.165) is 42.3 Å². The molecule has 136 valence electrons. The van der Waals surface area contributed by atoms with Crippen molar-refractivity contribution in [3.05, 3.63) is 54.6 Å². The number of fused-ring (bicyclic) bond motifs is 1. The Hall–Kier alpha value is -2.29. The largest absolute Gasteiger partial charge is 0.483 e. The standard InChI is InChI=1S/C23H27NO2/c25-23(24-15-14-18-8-4-5-11-20(18)16-24)17-26-22-13-7-6-12-21(22)19-9-2-1-3-10-19/h1-3,6-7,9-10,12-13,18,20H,4-5,8,11,14-17H2/t18-,20-/m0/s1. The summed E-state index contributed by atoms with van der Waals surface area (Å²) in [6, 6.07) is 18.1. The molecular formula is C23H27NO2. The van der Waals surface area contributed by atoms with Crippen LogP contribution in [0.1, 0.15) is 32.1 Å². The van der Waals surface area contributed by atoms with Gasteiger partial charge < -0.3 is 9.64 Å². The molecule has 1 heterocycles. The molecule has 0 aromatic heterocycles. The molecule has 0 spiro atoms. The molecule has 2 aromatic carbocycles. The van der Waals surface area contributed by atoms with E-state index in [0.29, 0.717) is 5.92 Å². The third kappa shape index (κ3) is 3.77. The van der Waals surface area contributed by atoms with E-state index in [1.165, 1.54) is 25.7 Å². The van der Waals surface area contributed by atoms with Gasteiger partial charge in [0, 0.05) is 18.7 Å². The van der Waals surface area contributed by atoms with Crippen LogP contribution in [0.3, 0.4) is 0 Å². The van der Waals surface area contributed by atoms with Crippen LogP contribution in [0.2, 0.25) is 0 Å². The summed E-state index contributed by atoms with van der Waals surface area (Å²) in [7, 11) is 0. The van der Waals surface area contributed by atoms with E-state index in [1.54, 1.807) is 0 Å². The number of amides is 1. The van der Waals surface area contributed by atoms with Gasteiger partial charge in [-0.1, -0.05) is 67.8 Å². The highest BCUT2D eigenvalue weighted by Crippen LogP contribution is 2.36. The molecule has 1 aliphatic heterocycles. The lowest BCUT2D eigenvalue weighted by Gasteiger charge is -2.41. The lowest BCUT2D eigenvalue weighted by atomic mass is 9.75. The van der Waals surface area contributed by atoms with Crippen LogP contribution >= 0.6 is 0 Å². The van der Waals surface area contributed by atoms with E-state index in [2.05, 4.69) is 12.1 Å². The number of benzene rings is 2. The molecule has 2 aromatic rings. The van der Waals surface area contributed by atoms with Gasteiger partial charge >= 0.3 is 0 Å².